The number of benzene rings is 2. The summed E-state index contributed by atoms with van der Waals surface area (Å²) in [6.07, 6.45) is 5.64. The van der Waals surface area contributed by atoms with Crippen LogP contribution >= 0.6 is 0 Å². The highest BCUT2D eigenvalue weighted by Gasteiger charge is 2.14. The van der Waals surface area contributed by atoms with E-state index in [1.165, 1.54) is 11.1 Å². The second-order valence-electron chi connectivity index (χ2n) is 7.08. The Kier molecular flexibility index (Phi) is 4.94. The molecular weight excluding hydrogens is 324 g/mol. The molecule has 26 heavy (non-hydrogen) atoms. The molecule has 0 atom stereocenters. The number of aromatic nitrogens is 2. The van der Waals surface area contributed by atoms with Crippen LogP contribution in [-0.4, -0.2) is 20.2 Å². The third-order valence-corrected chi connectivity index (χ3v) is 4.33. The molecule has 0 aliphatic carbocycles. The lowest BCUT2D eigenvalue weighted by atomic mass is 10.0. The molecule has 0 amide bonds. The zero-order valence-corrected chi connectivity index (χ0v) is 15.7. The summed E-state index contributed by atoms with van der Waals surface area (Å²) in [4.78, 5) is 9.36. The molecule has 0 radical (unpaired) electrons. The molecule has 0 saturated carbocycles. The summed E-state index contributed by atoms with van der Waals surface area (Å²) in [6.45, 7) is 8.19. The van der Waals surface area contributed by atoms with Gasteiger partial charge in [0.25, 0.3) is 0 Å². The van der Waals surface area contributed by atoms with E-state index >= 15 is 0 Å². The second-order valence-corrected chi connectivity index (χ2v) is 7.08. The monoisotopic (exact) mass is 348 g/mol. The van der Waals surface area contributed by atoms with Crippen molar-refractivity contribution in [1.29, 1.82) is 0 Å². The Morgan fingerprint density at radius 2 is 1.08 bits per heavy atom. The standard InChI is InChI=1S/C22H24N2O2/c1-13(2)5-7-15-9-11-17(25)21-19(15)23-22-18(26)12-10-16(20(22)24-21)8-6-14(3)4/h5-6,9-12,25-26H,7-8H2,1-4H3. The Hall–Kier alpha value is -2.88. The third-order valence-electron chi connectivity index (χ3n) is 4.33. The van der Waals surface area contributed by atoms with Crippen LogP contribution in [0.15, 0.2) is 47.6 Å². The van der Waals surface area contributed by atoms with Gasteiger partial charge in [-0.05, 0) is 63.8 Å². The van der Waals surface area contributed by atoms with Gasteiger partial charge in [-0.15, -0.1) is 0 Å². The van der Waals surface area contributed by atoms with Gasteiger partial charge in [-0.25, -0.2) is 9.97 Å². The Morgan fingerprint density at radius 3 is 1.42 bits per heavy atom. The lowest BCUT2D eigenvalue weighted by Gasteiger charge is -2.10. The first-order chi connectivity index (χ1) is 12.4. The molecule has 0 aliphatic heterocycles. The number of aromatic hydroxyl groups is 2. The number of phenolic OH excluding ortho intramolecular Hbond substituents is 2. The highest BCUT2D eigenvalue weighted by atomic mass is 16.3. The van der Waals surface area contributed by atoms with Crippen LogP contribution in [0.3, 0.4) is 0 Å². The van der Waals surface area contributed by atoms with Crippen LogP contribution in [0.2, 0.25) is 0 Å². The molecular formula is C22H24N2O2. The number of nitrogens with zero attached hydrogens (tertiary/aromatic N) is 2. The minimum absolute atomic E-state index is 0.104. The third kappa shape index (κ3) is 3.54. The molecule has 0 spiro atoms. The van der Waals surface area contributed by atoms with Crippen LogP contribution < -0.4 is 0 Å². The first-order valence-corrected chi connectivity index (χ1v) is 8.76. The SMILES string of the molecule is CC(C)=CCc1ccc(O)c2nc3c(CC=C(C)C)ccc(O)c3nc12. The number of rotatable bonds is 4. The van der Waals surface area contributed by atoms with E-state index in [2.05, 4.69) is 22.1 Å². The minimum atomic E-state index is 0.104. The summed E-state index contributed by atoms with van der Waals surface area (Å²) < 4.78 is 0. The maximum Gasteiger partial charge on any atom is 0.143 e. The van der Waals surface area contributed by atoms with Gasteiger partial charge in [-0.3, -0.25) is 0 Å². The summed E-state index contributed by atoms with van der Waals surface area (Å²) in [5, 5.41) is 20.6. The average molecular weight is 348 g/mol. The van der Waals surface area contributed by atoms with Gasteiger partial charge in [-0.2, -0.15) is 0 Å². The van der Waals surface area contributed by atoms with Crippen LogP contribution in [0.4, 0.5) is 0 Å². The van der Waals surface area contributed by atoms with Gasteiger partial charge in [0.15, 0.2) is 0 Å². The molecule has 0 fully saturated rings. The van der Waals surface area contributed by atoms with E-state index in [0.717, 1.165) is 11.1 Å². The zero-order chi connectivity index (χ0) is 18.8. The van der Waals surface area contributed by atoms with Crippen molar-refractivity contribution in [2.24, 2.45) is 0 Å². The minimum Gasteiger partial charge on any atom is -0.506 e. The molecule has 4 nitrogen and oxygen atoms in total. The number of fused-ring (bicyclic) bond motifs is 2. The van der Waals surface area contributed by atoms with E-state index in [1.807, 2.05) is 39.8 Å². The lowest BCUT2D eigenvalue weighted by Crippen LogP contribution is -1.96. The summed E-state index contributed by atoms with van der Waals surface area (Å²) in [5.41, 5.74) is 6.58. The quantitative estimate of drug-likeness (QED) is 0.501. The summed E-state index contributed by atoms with van der Waals surface area (Å²) in [6, 6.07) is 7.05. The van der Waals surface area contributed by atoms with E-state index in [-0.39, 0.29) is 11.5 Å². The topological polar surface area (TPSA) is 66.2 Å². The van der Waals surface area contributed by atoms with Crippen LogP contribution in [0, 0.1) is 0 Å². The number of hydrogen-bond donors (Lipinski definition) is 2. The first kappa shape index (κ1) is 17.9. The lowest BCUT2D eigenvalue weighted by molar-refractivity contribution is 0.478. The highest BCUT2D eigenvalue weighted by Crippen LogP contribution is 2.32. The molecule has 0 aliphatic rings. The average Bonchev–Trinajstić information content (AvgIpc) is 2.59. The van der Waals surface area contributed by atoms with Crippen molar-refractivity contribution in [3.05, 3.63) is 58.7 Å². The van der Waals surface area contributed by atoms with Crippen LogP contribution in [-0.2, 0) is 12.8 Å². The highest BCUT2D eigenvalue weighted by molar-refractivity contribution is 5.94. The molecule has 134 valence electrons. The van der Waals surface area contributed by atoms with Crippen molar-refractivity contribution >= 4 is 22.1 Å². The Labute approximate surface area is 153 Å². The van der Waals surface area contributed by atoms with Gasteiger partial charge >= 0.3 is 0 Å². The zero-order valence-electron chi connectivity index (χ0n) is 15.7. The molecule has 0 saturated heterocycles. The van der Waals surface area contributed by atoms with E-state index < -0.39 is 0 Å². The largest absolute Gasteiger partial charge is 0.506 e. The van der Waals surface area contributed by atoms with Gasteiger partial charge in [-0.1, -0.05) is 35.4 Å². The fourth-order valence-electron chi connectivity index (χ4n) is 2.87. The van der Waals surface area contributed by atoms with Crippen LogP contribution in [0.1, 0.15) is 38.8 Å². The Balaban J connectivity index is 2.28. The Bertz CT molecular complexity index is 956. The fourth-order valence-corrected chi connectivity index (χ4v) is 2.87. The summed E-state index contributed by atoms with van der Waals surface area (Å²) >= 11 is 0. The normalized spacial score (nSPS) is 10.9. The maximum atomic E-state index is 10.3. The van der Waals surface area contributed by atoms with Gasteiger partial charge in [0.05, 0.1) is 11.0 Å². The van der Waals surface area contributed by atoms with Crippen molar-refractivity contribution in [3.8, 4) is 11.5 Å². The molecule has 1 heterocycles. The van der Waals surface area contributed by atoms with E-state index in [0.29, 0.717) is 34.9 Å². The van der Waals surface area contributed by atoms with Crippen molar-refractivity contribution in [3.63, 3.8) is 0 Å². The van der Waals surface area contributed by atoms with Crippen molar-refractivity contribution < 1.29 is 10.2 Å². The summed E-state index contributed by atoms with van der Waals surface area (Å²) in [5.74, 6) is 0.207. The Morgan fingerprint density at radius 1 is 0.692 bits per heavy atom. The molecule has 2 aromatic carbocycles. The van der Waals surface area contributed by atoms with Gasteiger partial charge < -0.3 is 10.2 Å². The van der Waals surface area contributed by atoms with Crippen molar-refractivity contribution in [2.45, 2.75) is 40.5 Å². The van der Waals surface area contributed by atoms with Gasteiger partial charge in [0, 0.05) is 0 Å². The van der Waals surface area contributed by atoms with E-state index in [9.17, 15) is 10.2 Å². The predicted octanol–water partition coefficient (Wildman–Crippen LogP) is 5.21. The number of hydrogen-bond acceptors (Lipinski definition) is 4. The molecule has 3 rings (SSSR count). The molecule has 1 aromatic heterocycles. The number of allylic oxidation sites excluding steroid dienone is 4. The van der Waals surface area contributed by atoms with Gasteiger partial charge in [0.1, 0.15) is 22.5 Å². The molecule has 0 bridgehead atoms. The second kappa shape index (κ2) is 7.16. The molecule has 4 heteroatoms. The molecule has 2 N–H and O–H groups in total. The summed E-state index contributed by atoms with van der Waals surface area (Å²) in [7, 11) is 0. The smallest absolute Gasteiger partial charge is 0.143 e. The fraction of sp³-hybridized carbons (Fsp3) is 0.273. The van der Waals surface area contributed by atoms with Crippen molar-refractivity contribution in [1.82, 2.24) is 9.97 Å². The molecule has 3 aromatic rings. The predicted molar refractivity (Wildman–Crippen MR) is 107 cm³/mol. The van der Waals surface area contributed by atoms with Gasteiger partial charge in [0.2, 0.25) is 0 Å². The first-order valence-electron chi connectivity index (χ1n) is 8.76. The number of phenols is 2. The van der Waals surface area contributed by atoms with E-state index in [1.54, 1.807) is 12.1 Å². The van der Waals surface area contributed by atoms with Crippen LogP contribution in [0.5, 0.6) is 11.5 Å². The van der Waals surface area contributed by atoms with Crippen LogP contribution in [0.25, 0.3) is 22.1 Å². The van der Waals surface area contributed by atoms with Crippen molar-refractivity contribution in [2.75, 3.05) is 0 Å². The molecule has 0 unspecified atom stereocenters. The van der Waals surface area contributed by atoms with E-state index in [4.69, 9.17) is 0 Å². The maximum absolute atomic E-state index is 10.3.